The van der Waals surface area contributed by atoms with Gasteiger partial charge in [-0.1, -0.05) is 44.2 Å². The Morgan fingerprint density at radius 2 is 1.40 bits per heavy atom. The van der Waals surface area contributed by atoms with Gasteiger partial charge in [-0.2, -0.15) is 0 Å². The number of hydrogen-bond donors (Lipinski definition) is 8. The molecule has 0 heterocycles. The largest absolute Gasteiger partial charge is 0.481 e. The number of rotatable bonds is 17. The summed E-state index contributed by atoms with van der Waals surface area (Å²) in [7, 11) is 0. The number of carbonyl (C=O) groups is 7. The van der Waals surface area contributed by atoms with Gasteiger partial charge < -0.3 is 36.0 Å². The molecule has 0 spiro atoms. The van der Waals surface area contributed by atoms with E-state index in [1.807, 2.05) is 0 Å². The zero-order chi connectivity index (χ0) is 30.2. The number of hydrazine groups is 1. The van der Waals surface area contributed by atoms with E-state index in [1.54, 1.807) is 44.2 Å². The number of benzene rings is 1. The third-order valence-electron chi connectivity index (χ3n) is 5.18. The quantitative estimate of drug-likeness (QED) is 0.105. The summed E-state index contributed by atoms with van der Waals surface area (Å²) in [5.74, 6) is -7.42. The second kappa shape index (κ2) is 17.0. The maximum atomic E-state index is 13.0. The molecule has 16 heteroatoms. The Kier molecular flexibility index (Phi) is 14.1. The number of carboxylic acids is 3. The third kappa shape index (κ3) is 13.2. The summed E-state index contributed by atoms with van der Waals surface area (Å²) in [5.41, 5.74) is 4.91. The van der Waals surface area contributed by atoms with Gasteiger partial charge in [-0.05, 0) is 17.9 Å². The van der Waals surface area contributed by atoms with Gasteiger partial charge in [0.1, 0.15) is 31.3 Å². The van der Waals surface area contributed by atoms with E-state index in [4.69, 9.17) is 14.9 Å². The number of alkyl carbamates (subject to hydrolysis) is 1. The van der Waals surface area contributed by atoms with Gasteiger partial charge in [-0.3, -0.25) is 34.2 Å². The molecule has 1 aromatic carbocycles. The van der Waals surface area contributed by atoms with Crippen LogP contribution in [-0.4, -0.2) is 81.7 Å². The zero-order valence-corrected chi connectivity index (χ0v) is 21.8. The minimum Gasteiger partial charge on any atom is -0.481 e. The summed E-state index contributed by atoms with van der Waals surface area (Å²) in [5, 5.41) is 33.6. The van der Waals surface area contributed by atoms with Crippen molar-refractivity contribution in [2.24, 2.45) is 5.92 Å². The minimum atomic E-state index is -1.69. The monoisotopic (exact) mass is 567 g/mol. The fraction of sp³-hybridized carbons (Fsp3) is 0.458. The van der Waals surface area contributed by atoms with Gasteiger partial charge in [0.2, 0.25) is 11.8 Å². The average molecular weight is 568 g/mol. The first-order chi connectivity index (χ1) is 18.8. The molecule has 1 aromatic rings. The Morgan fingerprint density at radius 3 is 1.95 bits per heavy atom. The van der Waals surface area contributed by atoms with Crippen LogP contribution in [0, 0.1) is 5.92 Å². The molecule has 0 aliphatic heterocycles. The van der Waals surface area contributed by atoms with E-state index in [0.29, 0.717) is 5.56 Å². The van der Waals surface area contributed by atoms with Crippen molar-refractivity contribution in [3.63, 3.8) is 0 Å². The molecule has 0 aromatic heterocycles. The van der Waals surface area contributed by atoms with Gasteiger partial charge in [0.15, 0.2) is 0 Å². The summed E-state index contributed by atoms with van der Waals surface area (Å²) >= 11 is 0. The van der Waals surface area contributed by atoms with E-state index in [0.717, 1.165) is 0 Å². The molecule has 4 amide bonds. The number of nitrogens with one attached hydrogen (secondary N) is 5. The molecule has 0 aliphatic carbocycles. The SMILES string of the molecule is CC(C)[C@H](NC(=O)[C@H](CCC(=O)O)NC(=O)[C@H](CC(=O)O)NC(=O)OCc1ccccc1)C(=O)NNCC(=O)O. The van der Waals surface area contributed by atoms with E-state index in [-0.39, 0.29) is 6.61 Å². The van der Waals surface area contributed by atoms with Crippen LogP contribution in [0.1, 0.15) is 38.7 Å². The van der Waals surface area contributed by atoms with Crippen LogP contribution in [0.4, 0.5) is 4.79 Å². The molecule has 0 aliphatic rings. The van der Waals surface area contributed by atoms with Crippen LogP contribution in [0.15, 0.2) is 30.3 Å². The Labute approximate surface area is 228 Å². The third-order valence-corrected chi connectivity index (χ3v) is 5.18. The Balaban J connectivity index is 2.96. The molecular formula is C24H33N5O11. The maximum Gasteiger partial charge on any atom is 0.408 e. The normalized spacial score (nSPS) is 12.8. The second-order valence-corrected chi connectivity index (χ2v) is 8.82. The fourth-order valence-corrected chi connectivity index (χ4v) is 3.17. The lowest BCUT2D eigenvalue weighted by Crippen LogP contribution is -2.59. The molecule has 1 rings (SSSR count). The predicted molar refractivity (Wildman–Crippen MR) is 135 cm³/mol. The first-order valence-electron chi connectivity index (χ1n) is 12.1. The molecular weight excluding hydrogens is 534 g/mol. The van der Waals surface area contributed by atoms with E-state index < -0.39 is 91.6 Å². The van der Waals surface area contributed by atoms with Crippen LogP contribution in [0.3, 0.4) is 0 Å². The van der Waals surface area contributed by atoms with Crippen LogP contribution < -0.4 is 26.8 Å². The molecule has 0 fully saturated rings. The highest BCUT2D eigenvalue weighted by Crippen LogP contribution is 2.07. The van der Waals surface area contributed by atoms with Crippen LogP contribution >= 0.6 is 0 Å². The predicted octanol–water partition coefficient (Wildman–Crippen LogP) is -1.05. The van der Waals surface area contributed by atoms with Gasteiger partial charge in [0.05, 0.1) is 6.42 Å². The lowest BCUT2D eigenvalue weighted by molar-refractivity contribution is -0.140. The summed E-state index contributed by atoms with van der Waals surface area (Å²) in [6, 6.07) is 4.06. The number of ether oxygens (including phenoxy) is 1. The lowest BCUT2D eigenvalue weighted by Gasteiger charge is -2.26. The number of aliphatic carboxylic acids is 3. The van der Waals surface area contributed by atoms with Crippen molar-refractivity contribution >= 4 is 41.7 Å². The van der Waals surface area contributed by atoms with Crippen molar-refractivity contribution in [3.8, 4) is 0 Å². The van der Waals surface area contributed by atoms with Crippen molar-refractivity contribution in [3.05, 3.63) is 35.9 Å². The molecule has 0 bridgehead atoms. The number of hydrogen-bond acceptors (Lipinski definition) is 9. The summed E-state index contributed by atoms with van der Waals surface area (Å²) in [6.07, 6.45) is -3.00. The Bertz CT molecular complexity index is 1060. The Morgan fingerprint density at radius 1 is 0.775 bits per heavy atom. The number of amides is 4. The van der Waals surface area contributed by atoms with Crippen molar-refractivity contribution < 1.29 is 53.6 Å². The molecule has 8 N–H and O–H groups in total. The van der Waals surface area contributed by atoms with E-state index >= 15 is 0 Å². The fourth-order valence-electron chi connectivity index (χ4n) is 3.17. The lowest BCUT2D eigenvalue weighted by atomic mass is 10.0. The van der Waals surface area contributed by atoms with Gasteiger partial charge in [-0.25, -0.2) is 10.2 Å². The number of carbonyl (C=O) groups excluding carboxylic acids is 4. The molecule has 16 nitrogen and oxygen atoms in total. The number of carboxylic acid groups (broad SMARTS) is 3. The van der Waals surface area contributed by atoms with Crippen molar-refractivity contribution in [1.82, 2.24) is 26.8 Å². The van der Waals surface area contributed by atoms with Gasteiger partial charge in [0, 0.05) is 6.42 Å². The van der Waals surface area contributed by atoms with Crippen molar-refractivity contribution in [1.29, 1.82) is 0 Å². The van der Waals surface area contributed by atoms with E-state index in [9.17, 15) is 38.7 Å². The highest BCUT2D eigenvalue weighted by atomic mass is 16.5. The zero-order valence-electron chi connectivity index (χ0n) is 21.8. The summed E-state index contributed by atoms with van der Waals surface area (Å²) in [6.45, 7) is 2.37. The summed E-state index contributed by atoms with van der Waals surface area (Å²) < 4.78 is 5.01. The standard InChI is InChI=1S/C24H33N5O11/c1-13(2)20(23(38)29-25-11-19(34)35)28-21(36)15(8-9-17(30)31)26-22(37)16(10-18(32)33)27-24(39)40-12-14-6-4-3-5-7-14/h3-7,13,15-16,20,25H,8-12H2,1-2H3,(H,26,37)(H,27,39)(H,28,36)(H,29,38)(H,30,31)(H,32,33)(H,34,35)/t15-,16-,20-/m0/s1. The van der Waals surface area contributed by atoms with Crippen LogP contribution in [0.2, 0.25) is 0 Å². The van der Waals surface area contributed by atoms with Crippen molar-refractivity contribution in [2.45, 2.75) is 57.8 Å². The van der Waals surface area contributed by atoms with E-state index in [1.165, 1.54) is 0 Å². The van der Waals surface area contributed by atoms with Crippen LogP contribution in [0.5, 0.6) is 0 Å². The summed E-state index contributed by atoms with van der Waals surface area (Å²) in [4.78, 5) is 83.6. The van der Waals surface area contributed by atoms with Gasteiger partial charge in [0.25, 0.3) is 5.91 Å². The Hall–Kier alpha value is -4.73. The molecule has 0 unspecified atom stereocenters. The smallest absolute Gasteiger partial charge is 0.408 e. The van der Waals surface area contributed by atoms with Crippen LogP contribution in [-0.2, 0) is 40.1 Å². The molecule has 3 atom stereocenters. The van der Waals surface area contributed by atoms with Gasteiger partial charge >= 0.3 is 24.0 Å². The minimum absolute atomic E-state index is 0.169. The van der Waals surface area contributed by atoms with Gasteiger partial charge in [-0.15, -0.1) is 0 Å². The van der Waals surface area contributed by atoms with Crippen LogP contribution in [0.25, 0.3) is 0 Å². The first kappa shape index (κ1) is 33.3. The maximum absolute atomic E-state index is 13.0. The van der Waals surface area contributed by atoms with E-state index in [2.05, 4.69) is 26.8 Å². The molecule has 0 saturated heterocycles. The second-order valence-electron chi connectivity index (χ2n) is 8.82. The molecule has 220 valence electrons. The van der Waals surface area contributed by atoms with Crippen molar-refractivity contribution in [2.75, 3.05) is 6.54 Å². The first-order valence-corrected chi connectivity index (χ1v) is 12.1. The highest BCUT2D eigenvalue weighted by molar-refractivity contribution is 5.95. The molecule has 0 radical (unpaired) electrons. The highest BCUT2D eigenvalue weighted by Gasteiger charge is 2.32. The topological polar surface area (TPSA) is 250 Å². The molecule has 0 saturated carbocycles. The average Bonchev–Trinajstić information content (AvgIpc) is 2.87. The molecule has 40 heavy (non-hydrogen) atoms.